The predicted octanol–water partition coefficient (Wildman–Crippen LogP) is 3.39. The first-order chi connectivity index (χ1) is 7.67. The molecule has 1 aromatic rings. The third-order valence-electron chi connectivity index (χ3n) is 3.14. The molecular weight excluding hydrogens is 201 g/mol. The fourth-order valence-corrected chi connectivity index (χ4v) is 2.13. The quantitative estimate of drug-likeness (QED) is 0.779. The number of hydrogen-bond acceptors (Lipinski definition) is 1. The molecule has 0 aliphatic heterocycles. The second-order valence-electron chi connectivity index (χ2n) is 4.35. The van der Waals surface area contributed by atoms with Gasteiger partial charge < -0.3 is 5.32 Å². The Kier molecular flexibility index (Phi) is 5.47. The van der Waals surface area contributed by atoms with Crippen molar-refractivity contribution in [2.75, 3.05) is 6.54 Å². The molecule has 1 aromatic carbocycles. The van der Waals surface area contributed by atoms with Crippen molar-refractivity contribution in [2.24, 2.45) is 5.92 Å². The number of halogens is 1. The average Bonchev–Trinajstić information content (AvgIpc) is 2.26. The Bertz CT molecular complexity index is 311. The van der Waals surface area contributed by atoms with Gasteiger partial charge in [-0.05, 0) is 43.5 Å². The van der Waals surface area contributed by atoms with Crippen molar-refractivity contribution in [3.63, 3.8) is 0 Å². The summed E-state index contributed by atoms with van der Waals surface area (Å²) < 4.78 is 13.1. The summed E-state index contributed by atoms with van der Waals surface area (Å²) in [4.78, 5) is 0. The molecule has 0 fully saturated rings. The van der Waals surface area contributed by atoms with Crippen LogP contribution in [0.2, 0.25) is 0 Å². The normalized spacial score (nSPS) is 14.8. The molecule has 90 valence electrons. The van der Waals surface area contributed by atoms with Gasteiger partial charge in [0.15, 0.2) is 0 Å². The lowest BCUT2D eigenvalue weighted by atomic mass is 9.91. The Morgan fingerprint density at radius 1 is 1.31 bits per heavy atom. The van der Waals surface area contributed by atoms with Crippen LogP contribution in [0.5, 0.6) is 0 Å². The highest BCUT2D eigenvalue weighted by Crippen LogP contribution is 2.16. The van der Waals surface area contributed by atoms with Gasteiger partial charge in [-0.2, -0.15) is 0 Å². The maximum atomic E-state index is 13.1. The molecule has 2 unspecified atom stereocenters. The lowest BCUT2D eigenvalue weighted by molar-refractivity contribution is 0.367. The molecule has 16 heavy (non-hydrogen) atoms. The number of rotatable bonds is 6. The maximum absolute atomic E-state index is 13.1. The molecule has 0 spiro atoms. The van der Waals surface area contributed by atoms with Crippen molar-refractivity contribution in [1.82, 2.24) is 5.32 Å². The summed E-state index contributed by atoms with van der Waals surface area (Å²) in [6, 6.07) is 7.41. The van der Waals surface area contributed by atoms with Gasteiger partial charge in [-0.1, -0.05) is 32.4 Å². The molecule has 0 aromatic heterocycles. The number of nitrogens with one attached hydrogen (secondary N) is 1. The lowest BCUT2D eigenvalue weighted by Crippen LogP contribution is -2.34. The van der Waals surface area contributed by atoms with E-state index in [1.807, 2.05) is 6.07 Å². The summed E-state index contributed by atoms with van der Waals surface area (Å²) in [5.41, 5.74) is 1.09. The SMILES string of the molecule is CCNC(C)C(CC)Cc1cccc(F)c1. The Balaban J connectivity index is 2.62. The van der Waals surface area contributed by atoms with Crippen LogP contribution in [0.1, 0.15) is 32.8 Å². The van der Waals surface area contributed by atoms with Gasteiger partial charge in [0.25, 0.3) is 0 Å². The summed E-state index contributed by atoms with van der Waals surface area (Å²) in [7, 11) is 0. The highest BCUT2D eigenvalue weighted by Gasteiger charge is 2.14. The van der Waals surface area contributed by atoms with E-state index >= 15 is 0 Å². The smallest absolute Gasteiger partial charge is 0.123 e. The molecule has 0 aliphatic carbocycles. The van der Waals surface area contributed by atoms with Crippen molar-refractivity contribution >= 4 is 0 Å². The molecule has 1 N–H and O–H groups in total. The number of benzene rings is 1. The molecule has 0 radical (unpaired) electrons. The molecule has 0 saturated carbocycles. The first-order valence-electron chi connectivity index (χ1n) is 6.15. The Labute approximate surface area is 98.1 Å². The van der Waals surface area contributed by atoms with Gasteiger partial charge in [0.1, 0.15) is 5.82 Å². The monoisotopic (exact) mass is 223 g/mol. The molecular formula is C14H22FN. The van der Waals surface area contributed by atoms with Crippen LogP contribution in [-0.4, -0.2) is 12.6 Å². The summed E-state index contributed by atoms with van der Waals surface area (Å²) in [6.07, 6.45) is 2.06. The molecule has 0 bridgehead atoms. The highest BCUT2D eigenvalue weighted by molar-refractivity contribution is 5.17. The van der Waals surface area contributed by atoms with Crippen LogP contribution in [0.3, 0.4) is 0 Å². The van der Waals surface area contributed by atoms with E-state index in [0.717, 1.165) is 24.9 Å². The second-order valence-corrected chi connectivity index (χ2v) is 4.35. The van der Waals surface area contributed by atoms with E-state index < -0.39 is 0 Å². The van der Waals surface area contributed by atoms with Gasteiger partial charge in [0.2, 0.25) is 0 Å². The minimum atomic E-state index is -0.136. The molecule has 1 nitrogen and oxygen atoms in total. The van der Waals surface area contributed by atoms with Crippen molar-refractivity contribution < 1.29 is 4.39 Å². The minimum Gasteiger partial charge on any atom is -0.314 e. The van der Waals surface area contributed by atoms with Gasteiger partial charge in [0, 0.05) is 6.04 Å². The van der Waals surface area contributed by atoms with Crippen LogP contribution >= 0.6 is 0 Å². The second kappa shape index (κ2) is 6.64. The standard InChI is InChI=1S/C14H22FN/c1-4-13(11(3)16-5-2)9-12-7-6-8-14(15)10-12/h6-8,10-11,13,16H,4-5,9H2,1-3H3. The largest absolute Gasteiger partial charge is 0.314 e. The van der Waals surface area contributed by atoms with Crippen LogP contribution in [0.4, 0.5) is 4.39 Å². The van der Waals surface area contributed by atoms with E-state index in [2.05, 4.69) is 26.1 Å². The minimum absolute atomic E-state index is 0.136. The van der Waals surface area contributed by atoms with Crippen molar-refractivity contribution in [3.8, 4) is 0 Å². The van der Waals surface area contributed by atoms with Crippen molar-refractivity contribution in [3.05, 3.63) is 35.6 Å². The van der Waals surface area contributed by atoms with E-state index in [1.165, 1.54) is 6.07 Å². The molecule has 1 rings (SSSR count). The Morgan fingerprint density at radius 3 is 2.62 bits per heavy atom. The van der Waals surface area contributed by atoms with Gasteiger partial charge in [-0.15, -0.1) is 0 Å². The van der Waals surface area contributed by atoms with Crippen LogP contribution in [-0.2, 0) is 6.42 Å². The molecule has 0 saturated heterocycles. The maximum Gasteiger partial charge on any atom is 0.123 e. The van der Waals surface area contributed by atoms with E-state index in [0.29, 0.717) is 12.0 Å². The summed E-state index contributed by atoms with van der Waals surface area (Å²) in [5.74, 6) is 0.435. The molecule has 0 aliphatic rings. The zero-order chi connectivity index (χ0) is 12.0. The van der Waals surface area contributed by atoms with E-state index in [-0.39, 0.29) is 5.82 Å². The first-order valence-corrected chi connectivity index (χ1v) is 6.15. The topological polar surface area (TPSA) is 12.0 Å². The summed E-state index contributed by atoms with van der Waals surface area (Å²) >= 11 is 0. The van der Waals surface area contributed by atoms with Gasteiger partial charge in [-0.25, -0.2) is 4.39 Å². The van der Waals surface area contributed by atoms with E-state index in [4.69, 9.17) is 0 Å². The molecule has 0 amide bonds. The van der Waals surface area contributed by atoms with Crippen molar-refractivity contribution in [1.29, 1.82) is 0 Å². The molecule has 2 atom stereocenters. The Morgan fingerprint density at radius 2 is 2.06 bits per heavy atom. The van der Waals surface area contributed by atoms with Gasteiger partial charge in [0.05, 0.1) is 0 Å². The van der Waals surface area contributed by atoms with E-state index in [9.17, 15) is 4.39 Å². The Hall–Kier alpha value is -0.890. The highest BCUT2D eigenvalue weighted by atomic mass is 19.1. The fourth-order valence-electron chi connectivity index (χ4n) is 2.13. The van der Waals surface area contributed by atoms with Crippen LogP contribution in [0.25, 0.3) is 0 Å². The van der Waals surface area contributed by atoms with Crippen LogP contribution < -0.4 is 5.32 Å². The lowest BCUT2D eigenvalue weighted by Gasteiger charge is -2.23. The van der Waals surface area contributed by atoms with E-state index in [1.54, 1.807) is 12.1 Å². The average molecular weight is 223 g/mol. The molecule has 0 heterocycles. The van der Waals surface area contributed by atoms with Crippen LogP contribution in [0, 0.1) is 11.7 Å². The van der Waals surface area contributed by atoms with Crippen LogP contribution in [0.15, 0.2) is 24.3 Å². The summed E-state index contributed by atoms with van der Waals surface area (Å²) in [5, 5.41) is 3.44. The number of hydrogen-bond donors (Lipinski definition) is 1. The van der Waals surface area contributed by atoms with Gasteiger partial charge in [-0.3, -0.25) is 0 Å². The first kappa shape index (κ1) is 13.2. The zero-order valence-corrected chi connectivity index (χ0v) is 10.5. The molecule has 2 heteroatoms. The van der Waals surface area contributed by atoms with Crippen molar-refractivity contribution in [2.45, 2.75) is 39.7 Å². The third-order valence-corrected chi connectivity index (χ3v) is 3.14. The zero-order valence-electron chi connectivity index (χ0n) is 10.5. The third kappa shape index (κ3) is 3.93. The van der Waals surface area contributed by atoms with Gasteiger partial charge >= 0.3 is 0 Å². The fraction of sp³-hybridized carbons (Fsp3) is 0.571. The predicted molar refractivity (Wildman–Crippen MR) is 67.0 cm³/mol. The summed E-state index contributed by atoms with van der Waals surface area (Å²) in [6.45, 7) is 7.50.